The van der Waals surface area contributed by atoms with Gasteiger partial charge in [-0.15, -0.1) is 0 Å². The molecule has 1 saturated heterocycles. The normalized spacial score (nSPS) is 25.4. The summed E-state index contributed by atoms with van der Waals surface area (Å²) in [7, 11) is 0. The molecule has 1 aliphatic heterocycles. The van der Waals surface area contributed by atoms with Gasteiger partial charge in [-0.3, -0.25) is 14.9 Å². The summed E-state index contributed by atoms with van der Waals surface area (Å²) in [4.78, 5) is 22.7. The predicted molar refractivity (Wildman–Crippen MR) is 56.1 cm³/mol. The smallest absolute Gasteiger partial charge is 0.230 e. The molecule has 0 radical (unpaired) electrons. The van der Waals surface area contributed by atoms with Gasteiger partial charge in [0.15, 0.2) is 0 Å². The molecule has 16 heavy (non-hydrogen) atoms. The van der Waals surface area contributed by atoms with E-state index in [1.165, 1.54) is 6.07 Å². The molecule has 0 aromatic heterocycles. The van der Waals surface area contributed by atoms with E-state index >= 15 is 0 Å². The highest BCUT2D eigenvalue weighted by Crippen LogP contribution is 2.32. The zero-order valence-corrected chi connectivity index (χ0v) is 8.87. The Balaban J connectivity index is 2.36. The topological polar surface area (TPSA) is 46.2 Å². The van der Waals surface area contributed by atoms with Gasteiger partial charge in [0.25, 0.3) is 0 Å². The number of rotatable bonds is 1. The van der Waals surface area contributed by atoms with E-state index in [-0.39, 0.29) is 35.9 Å². The van der Waals surface area contributed by atoms with E-state index in [2.05, 4.69) is 5.32 Å². The predicted octanol–water partition coefficient (Wildman–Crippen LogP) is 1.59. The Labute approximate surface area is 92.7 Å². The van der Waals surface area contributed by atoms with Crippen molar-refractivity contribution in [2.24, 2.45) is 5.92 Å². The fourth-order valence-corrected chi connectivity index (χ4v) is 2.02. The lowest BCUT2D eigenvalue weighted by molar-refractivity contribution is -0.136. The van der Waals surface area contributed by atoms with E-state index in [1.807, 2.05) is 0 Å². The molecule has 2 amide bonds. The van der Waals surface area contributed by atoms with Crippen LogP contribution in [0.4, 0.5) is 4.39 Å². The number of carbonyl (C=O) groups is 2. The summed E-state index contributed by atoms with van der Waals surface area (Å²) in [6.45, 7) is 1.71. The van der Waals surface area contributed by atoms with E-state index in [0.717, 1.165) is 0 Å². The summed E-state index contributed by atoms with van der Waals surface area (Å²) in [5.74, 6) is -1.76. The largest absolute Gasteiger partial charge is 0.296 e. The molecule has 1 N–H and O–H groups in total. The lowest BCUT2D eigenvalue weighted by Crippen LogP contribution is -2.43. The SMILES string of the molecule is CC1C(=O)NC(=O)CC1c1ccccc1F. The third kappa shape index (κ3) is 1.83. The molecular formula is C12H12FNO2. The minimum Gasteiger partial charge on any atom is -0.296 e. The fraction of sp³-hybridized carbons (Fsp3) is 0.333. The lowest BCUT2D eigenvalue weighted by atomic mass is 9.81. The molecule has 0 spiro atoms. The van der Waals surface area contributed by atoms with E-state index in [1.54, 1.807) is 25.1 Å². The lowest BCUT2D eigenvalue weighted by Gasteiger charge is -2.27. The number of nitrogens with one attached hydrogen (secondary N) is 1. The molecular weight excluding hydrogens is 209 g/mol. The van der Waals surface area contributed by atoms with E-state index in [4.69, 9.17) is 0 Å². The first-order valence-electron chi connectivity index (χ1n) is 5.17. The molecule has 3 nitrogen and oxygen atoms in total. The van der Waals surface area contributed by atoms with Crippen LogP contribution in [0.15, 0.2) is 24.3 Å². The molecule has 1 fully saturated rings. The van der Waals surface area contributed by atoms with Crippen LogP contribution in [0.25, 0.3) is 0 Å². The summed E-state index contributed by atoms with van der Waals surface area (Å²) < 4.78 is 13.6. The highest BCUT2D eigenvalue weighted by molar-refractivity contribution is 5.99. The van der Waals surface area contributed by atoms with E-state index < -0.39 is 0 Å². The molecule has 0 bridgehead atoms. The number of halogens is 1. The van der Waals surface area contributed by atoms with Crippen molar-refractivity contribution in [2.75, 3.05) is 0 Å². The van der Waals surface area contributed by atoms with Gasteiger partial charge in [0.1, 0.15) is 5.82 Å². The highest BCUT2D eigenvalue weighted by Gasteiger charge is 2.34. The van der Waals surface area contributed by atoms with Gasteiger partial charge in [-0.05, 0) is 11.6 Å². The molecule has 1 heterocycles. The Morgan fingerprint density at radius 2 is 2.00 bits per heavy atom. The van der Waals surface area contributed by atoms with Crippen LogP contribution in [0.1, 0.15) is 24.8 Å². The van der Waals surface area contributed by atoms with Gasteiger partial charge in [0.05, 0.1) is 0 Å². The number of benzene rings is 1. The standard InChI is InChI=1S/C12H12FNO2/c1-7-9(6-11(15)14-12(7)16)8-4-2-3-5-10(8)13/h2-5,7,9H,6H2,1H3,(H,14,15,16). The van der Waals surface area contributed by atoms with Gasteiger partial charge in [-0.1, -0.05) is 25.1 Å². The van der Waals surface area contributed by atoms with Crippen molar-refractivity contribution in [3.63, 3.8) is 0 Å². The molecule has 2 atom stereocenters. The first kappa shape index (κ1) is 10.8. The number of imide groups is 1. The molecule has 4 heteroatoms. The summed E-state index contributed by atoms with van der Waals surface area (Å²) in [5, 5.41) is 2.25. The second kappa shape index (κ2) is 4.04. The minimum atomic E-state index is -0.380. The summed E-state index contributed by atoms with van der Waals surface area (Å²) in [5.41, 5.74) is 0.443. The quantitative estimate of drug-likeness (QED) is 0.732. The third-order valence-corrected chi connectivity index (χ3v) is 2.99. The Morgan fingerprint density at radius 3 is 2.69 bits per heavy atom. The molecule has 0 saturated carbocycles. The van der Waals surface area contributed by atoms with E-state index in [0.29, 0.717) is 5.56 Å². The van der Waals surface area contributed by atoms with Crippen molar-refractivity contribution in [1.82, 2.24) is 5.32 Å². The van der Waals surface area contributed by atoms with Crippen LogP contribution in [0, 0.1) is 11.7 Å². The van der Waals surface area contributed by atoms with Gasteiger partial charge in [-0.25, -0.2) is 4.39 Å². The van der Waals surface area contributed by atoms with Crippen molar-refractivity contribution in [1.29, 1.82) is 0 Å². The average Bonchev–Trinajstić information content (AvgIpc) is 2.24. The van der Waals surface area contributed by atoms with Gasteiger partial charge in [-0.2, -0.15) is 0 Å². The number of amides is 2. The van der Waals surface area contributed by atoms with Crippen LogP contribution in [0.2, 0.25) is 0 Å². The van der Waals surface area contributed by atoms with Crippen LogP contribution >= 0.6 is 0 Å². The molecule has 1 aromatic rings. The van der Waals surface area contributed by atoms with Crippen LogP contribution < -0.4 is 5.32 Å². The molecule has 2 unspecified atom stereocenters. The molecule has 2 rings (SSSR count). The molecule has 84 valence electrons. The zero-order valence-electron chi connectivity index (χ0n) is 8.87. The first-order chi connectivity index (χ1) is 7.59. The maximum Gasteiger partial charge on any atom is 0.230 e. The summed E-state index contributed by atoms with van der Waals surface area (Å²) >= 11 is 0. The van der Waals surface area contributed by atoms with Crippen molar-refractivity contribution in [3.8, 4) is 0 Å². The Bertz CT molecular complexity index is 444. The second-order valence-electron chi connectivity index (χ2n) is 4.03. The maximum atomic E-state index is 13.6. The number of carbonyl (C=O) groups excluding carboxylic acids is 2. The molecule has 0 aliphatic carbocycles. The minimum absolute atomic E-state index is 0.161. The van der Waals surface area contributed by atoms with Gasteiger partial charge in [0.2, 0.25) is 11.8 Å². The van der Waals surface area contributed by atoms with Crippen LogP contribution in [-0.2, 0) is 9.59 Å². The number of hydrogen-bond acceptors (Lipinski definition) is 2. The summed E-state index contributed by atoms with van der Waals surface area (Å²) in [6, 6.07) is 6.28. The number of piperidine rings is 1. The monoisotopic (exact) mass is 221 g/mol. The molecule has 1 aliphatic rings. The average molecular weight is 221 g/mol. The number of hydrogen-bond donors (Lipinski definition) is 1. The van der Waals surface area contributed by atoms with Crippen molar-refractivity contribution < 1.29 is 14.0 Å². The van der Waals surface area contributed by atoms with Crippen molar-refractivity contribution in [3.05, 3.63) is 35.6 Å². The Morgan fingerprint density at radius 1 is 1.31 bits per heavy atom. The fourth-order valence-electron chi connectivity index (χ4n) is 2.02. The van der Waals surface area contributed by atoms with Gasteiger partial charge in [0, 0.05) is 18.3 Å². The molecule has 1 aromatic carbocycles. The van der Waals surface area contributed by atoms with Crippen LogP contribution in [0.5, 0.6) is 0 Å². The Kier molecular flexibility index (Phi) is 2.73. The maximum absolute atomic E-state index is 13.6. The van der Waals surface area contributed by atoms with Gasteiger partial charge >= 0.3 is 0 Å². The third-order valence-electron chi connectivity index (χ3n) is 2.99. The summed E-state index contributed by atoms with van der Waals surface area (Å²) in [6.07, 6.45) is 0.161. The van der Waals surface area contributed by atoms with Crippen molar-refractivity contribution in [2.45, 2.75) is 19.3 Å². The van der Waals surface area contributed by atoms with Gasteiger partial charge < -0.3 is 0 Å². The zero-order chi connectivity index (χ0) is 11.7. The first-order valence-corrected chi connectivity index (χ1v) is 5.17. The van der Waals surface area contributed by atoms with Crippen LogP contribution in [-0.4, -0.2) is 11.8 Å². The van der Waals surface area contributed by atoms with Crippen molar-refractivity contribution >= 4 is 11.8 Å². The highest BCUT2D eigenvalue weighted by atomic mass is 19.1. The second-order valence-corrected chi connectivity index (χ2v) is 4.03. The van der Waals surface area contributed by atoms with Crippen LogP contribution in [0.3, 0.4) is 0 Å². The van der Waals surface area contributed by atoms with E-state index in [9.17, 15) is 14.0 Å². The Hall–Kier alpha value is -1.71.